The van der Waals surface area contributed by atoms with Crippen LogP contribution in [-0.4, -0.2) is 12.3 Å². The first-order valence-electron chi connectivity index (χ1n) is 4.05. The van der Waals surface area contributed by atoms with Crippen molar-refractivity contribution < 1.29 is 0 Å². The zero-order chi connectivity index (χ0) is 8.15. The molecule has 1 nitrogen and oxygen atoms in total. The fraction of sp³-hybridized carbons (Fsp3) is 0.889. The van der Waals surface area contributed by atoms with Gasteiger partial charge in [0.15, 0.2) is 0 Å². The van der Waals surface area contributed by atoms with Gasteiger partial charge in [0.05, 0.1) is 0 Å². The van der Waals surface area contributed by atoms with Crippen LogP contribution in [0, 0.1) is 11.8 Å². The lowest BCUT2D eigenvalue weighted by molar-refractivity contribution is 0.660. The number of hydrogen-bond donors (Lipinski definition) is 0. The second-order valence-corrected chi connectivity index (χ2v) is 3.53. The molecule has 60 valence electrons. The van der Waals surface area contributed by atoms with Gasteiger partial charge in [0.1, 0.15) is 0 Å². The van der Waals surface area contributed by atoms with Crippen LogP contribution in [-0.2, 0) is 0 Å². The van der Waals surface area contributed by atoms with Gasteiger partial charge < -0.3 is 0 Å². The van der Waals surface area contributed by atoms with Gasteiger partial charge in [-0.2, -0.15) is 0 Å². The summed E-state index contributed by atoms with van der Waals surface area (Å²) in [5.74, 6) is 1.30. The number of aliphatic imine (C=N–C) groups is 1. The van der Waals surface area contributed by atoms with Crippen molar-refractivity contribution in [3.8, 4) is 0 Å². The SMILES string of the molecule is CC(=NCC(C)C)C(C)C. The van der Waals surface area contributed by atoms with E-state index in [1.807, 2.05) is 0 Å². The van der Waals surface area contributed by atoms with Crippen molar-refractivity contribution in [2.45, 2.75) is 34.6 Å². The third kappa shape index (κ3) is 4.54. The van der Waals surface area contributed by atoms with E-state index in [1.165, 1.54) is 5.71 Å². The molecule has 0 amide bonds. The van der Waals surface area contributed by atoms with E-state index < -0.39 is 0 Å². The topological polar surface area (TPSA) is 12.4 Å². The standard InChI is InChI=1S/C9H19N/c1-7(2)6-10-9(5)8(3)4/h7-8H,6H2,1-5H3. The van der Waals surface area contributed by atoms with Crippen LogP contribution in [0.2, 0.25) is 0 Å². The van der Waals surface area contributed by atoms with E-state index in [0.29, 0.717) is 11.8 Å². The highest BCUT2D eigenvalue weighted by Crippen LogP contribution is 1.99. The van der Waals surface area contributed by atoms with Crippen LogP contribution in [0.1, 0.15) is 34.6 Å². The van der Waals surface area contributed by atoms with Crippen molar-refractivity contribution in [3.63, 3.8) is 0 Å². The largest absolute Gasteiger partial charge is 0.294 e. The molecule has 0 radical (unpaired) electrons. The van der Waals surface area contributed by atoms with E-state index in [2.05, 4.69) is 39.6 Å². The summed E-state index contributed by atoms with van der Waals surface area (Å²) in [4.78, 5) is 4.44. The lowest BCUT2D eigenvalue weighted by Gasteiger charge is -2.05. The zero-order valence-corrected chi connectivity index (χ0v) is 7.81. The van der Waals surface area contributed by atoms with Crippen LogP contribution in [0.25, 0.3) is 0 Å². The second kappa shape index (κ2) is 4.48. The molecule has 0 saturated heterocycles. The molecule has 0 spiro atoms. The van der Waals surface area contributed by atoms with Gasteiger partial charge in [0.25, 0.3) is 0 Å². The van der Waals surface area contributed by atoms with Gasteiger partial charge in [-0.3, -0.25) is 4.99 Å². The second-order valence-electron chi connectivity index (χ2n) is 3.53. The first kappa shape index (κ1) is 9.67. The highest BCUT2D eigenvalue weighted by Gasteiger charge is 1.97. The average Bonchev–Trinajstić information content (AvgIpc) is 1.82. The van der Waals surface area contributed by atoms with Gasteiger partial charge in [-0.05, 0) is 18.8 Å². The predicted octanol–water partition coefficient (Wildman–Crippen LogP) is 2.76. The molecule has 0 fully saturated rings. The molecule has 0 aromatic rings. The van der Waals surface area contributed by atoms with E-state index in [9.17, 15) is 0 Å². The fourth-order valence-electron chi connectivity index (χ4n) is 0.509. The minimum Gasteiger partial charge on any atom is -0.294 e. The quantitative estimate of drug-likeness (QED) is 0.536. The highest BCUT2D eigenvalue weighted by molar-refractivity contribution is 5.83. The summed E-state index contributed by atoms with van der Waals surface area (Å²) in [6.45, 7) is 11.8. The van der Waals surface area contributed by atoms with Crippen LogP contribution in [0.15, 0.2) is 4.99 Å². The summed E-state index contributed by atoms with van der Waals surface area (Å²) >= 11 is 0. The molecule has 0 aromatic carbocycles. The van der Waals surface area contributed by atoms with Gasteiger partial charge in [0.2, 0.25) is 0 Å². The van der Waals surface area contributed by atoms with E-state index in [0.717, 1.165) is 6.54 Å². The van der Waals surface area contributed by atoms with Crippen molar-refractivity contribution in [2.75, 3.05) is 6.54 Å². The van der Waals surface area contributed by atoms with Gasteiger partial charge in [-0.25, -0.2) is 0 Å². The lowest BCUT2D eigenvalue weighted by Crippen LogP contribution is -2.04. The minimum atomic E-state index is 0.610. The Bertz CT molecular complexity index is 112. The smallest absolute Gasteiger partial charge is 0.0411 e. The molecule has 0 saturated carbocycles. The van der Waals surface area contributed by atoms with Gasteiger partial charge >= 0.3 is 0 Å². The van der Waals surface area contributed by atoms with Crippen LogP contribution in [0.4, 0.5) is 0 Å². The van der Waals surface area contributed by atoms with E-state index in [1.54, 1.807) is 0 Å². The summed E-state index contributed by atoms with van der Waals surface area (Å²) < 4.78 is 0. The molecule has 0 aromatic heterocycles. The number of nitrogens with zero attached hydrogens (tertiary/aromatic N) is 1. The zero-order valence-electron chi connectivity index (χ0n) is 7.81. The van der Waals surface area contributed by atoms with Crippen molar-refractivity contribution >= 4 is 5.71 Å². The summed E-state index contributed by atoms with van der Waals surface area (Å²) in [6.07, 6.45) is 0. The third-order valence-corrected chi connectivity index (χ3v) is 1.54. The van der Waals surface area contributed by atoms with Gasteiger partial charge in [0, 0.05) is 12.3 Å². The predicted molar refractivity (Wildman–Crippen MR) is 47.7 cm³/mol. The Morgan fingerprint density at radius 2 is 1.70 bits per heavy atom. The summed E-state index contributed by atoms with van der Waals surface area (Å²) in [6, 6.07) is 0. The molecule has 0 bridgehead atoms. The monoisotopic (exact) mass is 141 g/mol. The Labute approximate surface area is 64.6 Å². The third-order valence-electron chi connectivity index (χ3n) is 1.54. The average molecular weight is 141 g/mol. The van der Waals surface area contributed by atoms with Crippen molar-refractivity contribution in [1.82, 2.24) is 0 Å². The Morgan fingerprint density at radius 1 is 1.20 bits per heavy atom. The normalized spacial score (nSPS) is 13.3. The fourth-order valence-corrected chi connectivity index (χ4v) is 0.509. The summed E-state index contributed by atoms with van der Waals surface area (Å²) in [7, 11) is 0. The highest BCUT2D eigenvalue weighted by atomic mass is 14.7. The van der Waals surface area contributed by atoms with Gasteiger partial charge in [-0.1, -0.05) is 27.7 Å². The van der Waals surface area contributed by atoms with E-state index in [-0.39, 0.29) is 0 Å². The maximum atomic E-state index is 4.44. The molecule has 0 aliphatic rings. The molecular formula is C9H19N. The Morgan fingerprint density at radius 3 is 2.00 bits per heavy atom. The minimum absolute atomic E-state index is 0.610. The molecule has 0 aliphatic heterocycles. The molecule has 0 unspecified atom stereocenters. The molecule has 10 heavy (non-hydrogen) atoms. The maximum absolute atomic E-state index is 4.44. The van der Waals surface area contributed by atoms with Gasteiger partial charge in [-0.15, -0.1) is 0 Å². The first-order chi connectivity index (χ1) is 4.54. The van der Waals surface area contributed by atoms with Crippen molar-refractivity contribution in [1.29, 1.82) is 0 Å². The molecule has 0 heterocycles. The van der Waals surface area contributed by atoms with E-state index >= 15 is 0 Å². The molecule has 0 atom stereocenters. The van der Waals surface area contributed by atoms with Crippen LogP contribution >= 0.6 is 0 Å². The maximum Gasteiger partial charge on any atom is 0.0411 e. The molecule has 1 heteroatoms. The number of rotatable bonds is 3. The van der Waals surface area contributed by atoms with Crippen LogP contribution in [0.5, 0.6) is 0 Å². The molecule has 0 rings (SSSR count). The Hall–Kier alpha value is -0.330. The van der Waals surface area contributed by atoms with Crippen LogP contribution in [0.3, 0.4) is 0 Å². The summed E-state index contributed by atoms with van der Waals surface area (Å²) in [5.41, 5.74) is 1.27. The van der Waals surface area contributed by atoms with Crippen molar-refractivity contribution in [3.05, 3.63) is 0 Å². The number of hydrogen-bond acceptors (Lipinski definition) is 1. The first-order valence-corrected chi connectivity index (χ1v) is 4.05. The Balaban J connectivity index is 3.69. The molecular weight excluding hydrogens is 122 g/mol. The van der Waals surface area contributed by atoms with E-state index in [4.69, 9.17) is 0 Å². The lowest BCUT2D eigenvalue weighted by atomic mass is 10.1. The molecule has 0 aliphatic carbocycles. The van der Waals surface area contributed by atoms with Crippen LogP contribution < -0.4 is 0 Å². The van der Waals surface area contributed by atoms with Crippen molar-refractivity contribution in [2.24, 2.45) is 16.8 Å². The summed E-state index contributed by atoms with van der Waals surface area (Å²) in [5, 5.41) is 0. The Kier molecular flexibility index (Phi) is 4.33. The molecule has 0 N–H and O–H groups in total.